The molecule has 0 spiro atoms. The Hall–Kier alpha value is -2.12. The van der Waals surface area contributed by atoms with Gasteiger partial charge in [0.1, 0.15) is 0 Å². The predicted molar refractivity (Wildman–Crippen MR) is 104 cm³/mol. The number of aromatic nitrogens is 1. The van der Waals surface area contributed by atoms with E-state index in [0.717, 1.165) is 35.9 Å². The van der Waals surface area contributed by atoms with Gasteiger partial charge in [-0.05, 0) is 36.8 Å². The summed E-state index contributed by atoms with van der Waals surface area (Å²) in [5, 5.41) is 4.71. The Balaban J connectivity index is 1.65. The van der Waals surface area contributed by atoms with Crippen molar-refractivity contribution in [2.45, 2.75) is 6.92 Å². The maximum absolute atomic E-state index is 12.5. The van der Waals surface area contributed by atoms with E-state index in [1.165, 1.54) is 17.4 Å². The number of hydrogen-bond acceptors (Lipinski definition) is 5. The van der Waals surface area contributed by atoms with Gasteiger partial charge >= 0.3 is 0 Å². The molecule has 2 aromatic rings. The summed E-state index contributed by atoms with van der Waals surface area (Å²) < 4.78 is 0. The van der Waals surface area contributed by atoms with Crippen LogP contribution in [-0.2, 0) is 4.79 Å². The van der Waals surface area contributed by atoms with Crippen molar-refractivity contribution in [2.75, 3.05) is 29.9 Å². The number of amides is 2. The molecule has 130 valence electrons. The molecule has 0 radical (unpaired) electrons. The zero-order valence-electron chi connectivity index (χ0n) is 13.9. The van der Waals surface area contributed by atoms with E-state index in [-0.39, 0.29) is 11.8 Å². The van der Waals surface area contributed by atoms with Crippen LogP contribution in [0.25, 0.3) is 6.08 Å². The SMILES string of the molecule is Cc1cc(C(=O)N2CCSCC2)ccc1NC(=O)/C=C/c1cscn1. The van der Waals surface area contributed by atoms with Gasteiger partial charge in [-0.15, -0.1) is 11.3 Å². The first-order valence-corrected chi connectivity index (χ1v) is 10.1. The summed E-state index contributed by atoms with van der Waals surface area (Å²) in [7, 11) is 0. The molecule has 7 heteroatoms. The van der Waals surface area contributed by atoms with Crippen molar-refractivity contribution in [3.8, 4) is 0 Å². The quantitative estimate of drug-likeness (QED) is 0.836. The van der Waals surface area contributed by atoms with Gasteiger partial charge in [0.15, 0.2) is 0 Å². The van der Waals surface area contributed by atoms with Crippen molar-refractivity contribution >= 4 is 46.7 Å². The molecule has 0 bridgehead atoms. The Labute approximate surface area is 155 Å². The number of hydrogen-bond donors (Lipinski definition) is 1. The highest BCUT2D eigenvalue weighted by atomic mass is 32.2. The van der Waals surface area contributed by atoms with Gasteiger partial charge in [0.05, 0.1) is 11.2 Å². The number of carbonyl (C=O) groups is 2. The minimum Gasteiger partial charge on any atom is -0.337 e. The van der Waals surface area contributed by atoms with Crippen LogP contribution in [0.15, 0.2) is 35.2 Å². The van der Waals surface area contributed by atoms with E-state index >= 15 is 0 Å². The molecule has 0 atom stereocenters. The van der Waals surface area contributed by atoms with E-state index < -0.39 is 0 Å². The van der Waals surface area contributed by atoms with Gasteiger partial charge in [-0.1, -0.05) is 0 Å². The highest BCUT2D eigenvalue weighted by molar-refractivity contribution is 7.99. The summed E-state index contributed by atoms with van der Waals surface area (Å²) in [6.45, 7) is 3.48. The zero-order chi connectivity index (χ0) is 17.6. The van der Waals surface area contributed by atoms with Crippen LogP contribution in [0.3, 0.4) is 0 Å². The number of aryl methyl sites for hydroxylation is 1. The predicted octanol–water partition coefficient (Wildman–Crippen LogP) is 3.29. The fourth-order valence-electron chi connectivity index (χ4n) is 2.53. The molecule has 1 aromatic heterocycles. The number of thioether (sulfide) groups is 1. The highest BCUT2D eigenvalue weighted by Crippen LogP contribution is 2.19. The normalized spacial score (nSPS) is 14.7. The van der Waals surface area contributed by atoms with E-state index in [2.05, 4.69) is 10.3 Å². The maximum Gasteiger partial charge on any atom is 0.253 e. The molecular weight excluding hydrogens is 354 g/mol. The van der Waals surface area contributed by atoms with E-state index in [4.69, 9.17) is 0 Å². The molecule has 0 saturated carbocycles. The Morgan fingerprint density at radius 3 is 2.76 bits per heavy atom. The molecule has 0 unspecified atom stereocenters. The lowest BCUT2D eigenvalue weighted by Gasteiger charge is -2.26. The maximum atomic E-state index is 12.5. The first-order chi connectivity index (χ1) is 12.1. The van der Waals surface area contributed by atoms with Gasteiger partial charge in [-0.25, -0.2) is 4.98 Å². The molecule has 2 amide bonds. The lowest BCUT2D eigenvalue weighted by Crippen LogP contribution is -2.37. The Morgan fingerprint density at radius 2 is 2.08 bits per heavy atom. The zero-order valence-corrected chi connectivity index (χ0v) is 15.5. The fraction of sp³-hybridized carbons (Fsp3) is 0.278. The summed E-state index contributed by atoms with van der Waals surface area (Å²) in [6.07, 6.45) is 3.13. The summed E-state index contributed by atoms with van der Waals surface area (Å²) in [5.74, 6) is 1.82. The van der Waals surface area contributed by atoms with E-state index in [1.807, 2.05) is 35.0 Å². The van der Waals surface area contributed by atoms with Crippen LogP contribution in [0.5, 0.6) is 0 Å². The topological polar surface area (TPSA) is 62.3 Å². The van der Waals surface area contributed by atoms with Crippen molar-refractivity contribution in [3.63, 3.8) is 0 Å². The third-order valence-electron chi connectivity index (χ3n) is 3.89. The molecule has 1 aliphatic rings. The third-order valence-corrected chi connectivity index (χ3v) is 5.43. The minimum atomic E-state index is -0.219. The van der Waals surface area contributed by atoms with Gasteiger partial charge in [-0.2, -0.15) is 11.8 Å². The summed E-state index contributed by atoms with van der Waals surface area (Å²) in [6, 6.07) is 5.40. The van der Waals surface area contributed by atoms with Crippen molar-refractivity contribution in [2.24, 2.45) is 0 Å². The van der Waals surface area contributed by atoms with Gasteiger partial charge in [0, 0.05) is 47.3 Å². The number of nitrogens with zero attached hydrogens (tertiary/aromatic N) is 2. The second-order valence-corrected chi connectivity index (χ2v) is 7.61. The first kappa shape index (κ1) is 17.7. The number of thiazole rings is 1. The van der Waals surface area contributed by atoms with Crippen LogP contribution in [0, 0.1) is 6.92 Å². The lowest BCUT2D eigenvalue weighted by molar-refractivity contribution is -0.111. The van der Waals surface area contributed by atoms with Crippen molar-refractivity contribution in [1.82, 2.24) is 9.88 Å². The molecule has 3 rings (SSSR count). The van der Waals surface area contributed by atoms with Crippen LogP contribution in [0.4, 0.5) is 5.69 Å². The van der Waals surface area contributed by atoms with Gasteiger partial charge < -0.3 is 10.2 Å². The van der Waals surface area contributed by atoms with Crippen molar-refractivity contribution in [1.29, 1.82) is 0 Å². The van der Waals surface area contributed by atoms with Crippen LogP contribution < -0.4 is 5.32 Å². The highest BCUT2D eigenvalue weighted by Gasteiger charge is 2.18. The summed E-state index contributed by atoms with van der Waals surface area (Å²) in [4.78, 5) is 30.5. The second-order valence-electron chi connectivity index (χ2n) is 5.67. The first-order valence-electron chi connectivity index (χ1n) is 7.98. The Kier molecular flexibility index (Phi) is 5.88. The van der Waals surface area contributed by atoms with Crippen LogP contribution in [-0.4, -0.2) is 46.3 Å². The molecule has 1 aliphatic heterocycles. The number of rotatable bonds is 4. The Morgan fingerprint density at radius 1 is 1.28 bits per heavy atom. The van der Waals surface area contributed by atoms with Crippen LogP contribution in [0.2, 0.25) is 0 Å². The lowest BCUT2D eigenvalue weighted by atomic mass is 10.1. The second kappa shape index (κ2) is 8.31. The minimum absolute atomic E-state index is 0.0599. The molecule has 1 fully saturated rings. The Bertz CT molecular complexity index is 782. The van der Waals surface area contributed by atoms with Crippen molar-refractivity contribution < 1.29 is 9.59 Å². The van der Waals surface area contributed by atoms with Gasteiger partial charge in [0.2, 0.25) is 5.91 Å². The summed E-state index contributed by atoms with van der Waals surface area (Å²) >= 11 is 3.36. The smallest absolute Gasteiger partial charge is 0.253 e. The number of anilines is 1. The molecule has 1 saturated heterocycles. The van der Waals surface area contributed by atoms with Gasteiger partial charge in [-0.3, -0.25) is 9.59 Å². The largest absolute Gasteiger partial charge is 0.337 e. The number of carbonyl (C=O) groups excluding carboxylic acids is 2. The third kappa shape index (κ3) is 4.70. The number of nitrogens with one attached hydrogen (secondary N) is 1. The summed E-state index contributed by atoms with van der Waals surface area (Å²) in [5.41, 5.74) is 4.72. The van der Waals surface area contributed by atoms with Gasteiger partial charge in [0.25, 0.3) is 5.91 Å². The van der Waals surface area contributed by atoms with E-state index in [1.54, 1.807) is 23.7 Å². The average Bonchev–Trinajstić information content (AvgIpc) is 3.15. The standard InChI is InChI=1S/C18H19N3O2S2/c1-13-10-14(18(23)21-6-8-24-9-7-21)2-4-16(13)20-17(22)5-3-15-11-25-12-19-15/h2-5,10-12H,6-9H2,1H3,(H,20,22)/b5-3+. The van der Waals surface area contributed by atoms with E-state index in [0.29, 0.717) is 11.3 Å². The molecule has 5 nitrogen and oxygen atoms in total. The van der Waals surface area contributed by atoms with Crippen LogP contribution in [0.1, 0.15) is 21.6 Å². The molecule has 25 heavy (non-hydrogen) atoms. The fourth-order valence-corrected chi connectivity index (χ4v) is 3.95. The number of benzene rings is 1. The average molecular weight is 374 g/mol. The monoisotopic (exact) mass is 373 g/mol. The van der Waals surface area contributed by atoms with Crippen molar-refractivity contribution in [3.05, 3.63) is 52.0 Å². The molecule has 1 N–H and O–H groups in total. The van der Waals surface area contributed by atoms with Crippen LogP contribution >= 0.6 is 23.1 Å². The molecule has 0 aliphatic carbocycles. The molecule has 1 aromatic carbocycles. The van der Waals surface area contributed by atoms with E-state index in [9.17, 15) is 9.59 Å². The molecular formula is C18H19N3O2S2. The molecule has 2 heterocycles.